The highest BCUT2D eigenvalue weighted by Crippen LogP contribution is 2.44. The summed E-state index contributed by atoms with van der Waals surface area (Å²) in [6, 6.07) is 5.10. The molecule has 2 heteroatoms. The van der Waals surface area contributed by atoms with Crippen LogP contribution in [0.25, 0.3) is 0 Å². The van der Waals surface area contributed by atoms with Gasteiger partial charge in [0.25, 0.3) is 0 Å². The van der Waals surface area contributed by atoms with Crippen molar-refractivity contribution in [1.29, 1.82) is 0 Å². The van der Waals surface area contributed by atoms with Gasteiger partial charge in [0.2, 0.25) is 0 Å². The van der Waals surface area contributed by atoms with Gasteiger partial charge in [-0.3, -0.25) is 0 Å². The van der Waals surface area contributed by atoms with E-state index in [-0.39, 0.29) is 0 Å². The van der Waals surface area contributed by atoms with Crippen LogP contribution < -0.4 is 5.32 Å². The minimum atomic E-state index is 0.355. The molecule has 1 heterocycles. The quantitative estimate of drug-likeness (QED) is 0.853. The highest BCUT2D eigenvalue weighted by Gasteiger charge is 2.34. The first-order chi connectivity index (χ1) is 8.33. The lowest BCUT2D eigenvalue weighted by Crippen LogP contribution is -2.36. The van der Waals surface area contributed by atoms with Crippen molar-refractivity contribution < 1.29 is 4.42 Å². The van der Waals surface area contributed by atoms with Gasteiger partial charge in [-0.05, 0) is 56.6 Å². The van der Waals surface area contributed by atoms with Crippen LogP contribution >= 0.6 is 0 Å². The zero-order valence-corrected chi connectivity index (χ0v) is 10.7. The minimum absolute atomic E-state index is 0.355. The summed E-state index contributed by atoms with van der Waals surface area (Å²) in [6.45, 7) is 2.21. The largest absolute Gasteiger partial charge is 0.468 e. The van der Waals surface area contributed by atoms with Crippen molar-refractivity contribution in [2.24, 2.45) is 11.8 Å². The molecule has 2 nitrogen and oxygen atoms in total. The van der Waals surface area contributed by atoms with Gasteiger partial charge in [-0.25, -0.2) is 0 Å². The fourth-order valence-electron chi connectivity index (χ4n) is 3.35. The summed E-state index contributed by atoms with van der Waals surface area (Å²) < 4.78 is 5.46. The van der Waals surface area contributed by atoms with E-state index in [1.807, 2.05) is 6.07 Å². The number of nitrogens with one attached hydrogen (secondary N) is 1. The molecule has 1 N–H and O–H groups in total. The monoisotopic (exact) mass is 233 g/mol. The predicted molar refractivity (Wildman–Crippen MR) is 68.7 cm³/mol. The summed E-state index contributed by atoms with van der Waals surface area (Å²) in [5.41, 5.74) is 0. The highest BCUT2D eigenvalue weighted by molar-refractivity contribution is 5.03. The summed E-state index contributed by atoms with van der Waals surface area (Å²) >= 11 is 0. The van der Waals surface area contributed by atoms with Gasteiger partial charge in [-0.15, -0.1) is 0 Å². The third kappa shape index (κ3) is 2.74. The Morgan fingerprint density at radius 2 is 2.12 bits per heavy atom. The molecule has 0 aliphatic heterocycles. The summed E-state index contributed by atoms with van der Waals surface area (Å²) in [5.74, 6) is 3.14. The van der Waals surface area contributed by atoms with Crippen LogP contribution in [0.1, 0.15) is 57.3 Å². The molecule has 1 aromatic heterocycles. The molecule has 0 radical (unpaired) electrons. The first kappa shape index (κ1) is 11.3. The molecular formula is C15H23NO. The van der Waals surface area contributed by atoms with Gasteiger partial charge >= 0.3 is 0 Å². The van der Waals surface area contributed by atoms with Crippen molar-refractivity contribution in [3.8, 4) is 0 Å². The van der Waals surface area contributed by atoms with Gasteiger partial charge in [-0.2, -0.15) is 0 Å². The Hall–Kier alpha value is -0.760. The van der Waals surface area contributed by atoms with E-state index in [1.54, 1.807) is 6.26 Å². The fraction of sp³-hybridized carbons (Fsp3) is 0.733. The average Bonchev–Trinajstić information content (AvgIpc) is 3.04. The molecule has 3 atom stereocenters. The molecule has 0 bridgehead atoms. The standard InChI is InChI=1S/C15H23NO/c1-11(15-6-3-9-17-15)16-14-5-2-4-13(10-14)12-7-8-12/h3,6,9,11-14,16H,2,4-5,7-8,10H2,1H3. The Balaban J connectivity index is 1.53. The van der Waals surface area contributed by atoms with Crippen molar-refractivity contribution >= 4 is 0 Å². The second-order valence-electron chi connectivity index (χ2n) is 5.86. The first-order valence-electron chi connectivity index (χ1n) is 7.12. The molecule has 17 heavy (non-hydrogen) atoms. The fourth-order valence-corrected chi connectivity index (χ4v) is 3.35. The van der Waals surface area contributed by atoms with Crippen LogP contribution in [0.3, 0.4) is 0 Å². The Labute approximate surface area is 104 Å². The molecule has 2 aliphatic rings. The summed E-state index contributed by atoms with van der Waals surface area (Å²) in [5, 5.41) is 3.74. The third-order valence-electron chi connectivity index (χ3n) is 4.46. The molecule has 3 unspecified atom stereocenters. The van der Waals surface area contributed by atoms with Crippen molar-refractivity contribution in [3.63, 3.8) is 0 Å². The number of hydrogen-bond acceptors (Lipinski definition) is 2. The zero-order valence-electron chi connectivity index (χ0n) is 10.7. The molecule has 0 amide bonds. The van der Waals surface area contributed by atoms with Crippen LogP contribution in [0.4, 0.5) is 0 Å². The number of hydrogen-bond donors (Lipinski definition) is 1. The van der Waals surface area contributed by atoms with E-state index in [1.165, 1.54) is 38.5 Å². The maximum Gasteiger partial charge on any atom is 0.120 e. The molecule has 2 saturated carbocycles. The van der Waals surface area contributed by atoms with Crippen LogP contribution in [0.5, 0.6) is 0 Å². The lowest BCUT2D eigenvalue weighted by molar-refractivity contribution is 0.242. The highest BCUT2D eigenvalue weighted by atomic mass is 16.3. The molecule has 0 aromatic carbocycles. The van der Waals surface area contributed by atoms with Gasteiger partial charge in [-0.1, -0.05) is 12.8 Å². The predicted octanol–water partition coefficient (Wildman–Crippen LogP) is 3.90. The second kappa shape index (κ2) is 4.85. The molecule has 1 aromatic rings. The van der Waals surface area contributed by atoms with E-state index in [4.69, 9.17) is 4.42 Å². The van der Waals surface area contributed by atoms with Crippen molar-refractivity contribution in [2.75, 3.05) is 0 Å². The molecule has 0 spiro atoms. The second-order valence-corrected chi connectivity index (χ2v) is 5.86. The zero-order chi connectivity index (χ0) is 11.7. The third-order valence-corrected chi connectivity index (χ3v) is 4.46. The summed E-state index contributed by atoms with van der Waals surface area (Å²) in [4.78, 5) is 0. The van der Waals surface area contributed by atoms with E-state index >= 15 is 0 Å². The Kier molecular flexibility index (Phi) is 3.24. The van der Waals surface area contributed by atoms with E-state index < -0.39 is 0 Å². The van der Waals surface area contributed by atoms with Gasteiger partial charge in [0.05, 0.1) is 12.3 Å². The Morgan fingerprint density at radius 3 is 2.82 bits per heavy atom. The molecule has 0 saturated heterocycles. The lowest BCUT2D eigenvalue weighted by Gasteiger charge is -2.31. The van der Waals surface area contributed by atoms with E-state index in [0.29, 0.717) is 12.1 Å². The molecular weight excluding hydrogens is 210 g/mol. The van der Waals surface area contributed by atoms with E-state index in [9.17, 15) is 0 Å². The summed E-state index contributed by atoms with van der Waals surface area (Å²) in [7, 11) is 0. The maximum absolute atomic E-state index is 5.46. The van der Waals surface area contributed by atoms with Gasteiger partial charge in [0, 0.05) is 6.04 Å². The van der Waals surface area contributed by atoms with Crippen molar-refractivity contribution in [1.82, 2.24) is 5.32 Å². The van der Waals surface area contributed by atoms with Crippen LogP contribution in [-0.2, 0) is 0 Å². The maximum atomic E-state index is 5.46. The van der Waals surface area contributed by atoms with E-state index in [0.717, 1.165) is 17.6 Å². The first-order valence-corrected chi connectivity index (χ1v) is 7.12. The molecule has 2 aliphatic carbocycles. The van der Waals surface area contributed by atoms with Crippen LogP contribution in [0.15, 0.2) is 22.8 Å². The molecule has 3 rings (SSSR count). The normalized spacial score (nSPS) is 31.4. The van der Waals surface area contributed by atoms with Crippen molar-refractivity contribution in [3.05, 3.63) is 24.2 Å². The SMILES string of the molecule is CC(NC1CCCC(C2CC2)C1)c1ccco1. The summed E-state index contributed by atoms with van der Waals surface area (Å²) in [6.07, 6.45) is 10.4. The van der Waals surface area contributed by atoms with Crippen molar-refractivity contribution in [2.45, 2.75) is 57.5 Å². The van der Waals surface area contributed by atoms with E-state index in [2.05, 4.69) is 18.3 Å². The number of furan rings is 1. The molecule has 2 fully saturated rings. The minimum Gasteiger partial charge on any atom is -0.468 e. The average molecular weight is 233 g/mol. The van der Waals surface area contributed by atoms with Crippen LogP contribution in [0.2, 0.25) is 0 Å². The van der Waals surface area contributed by atoms with Crippen LogP contribution in [0, 0.1) is 11.8 Å². The topological polar surface area (TPSA) is 25.2 Å². The van der Waals surface area contributed by atoms with Crippen LogP contribution in [-0.4, -0.2) is 6.04 Å². The Morgan fingerprint density at radius 1 is 1.24 bits per heavy atom. The Bertz CT molecular complexity index is 342. The smallest absolute Gasteiger partial charge is 0.120 e. The number of rotatable bonds is 4. The molecule has 94 valence electrons. The lowest BCUT2D eigenvalue weighted by atomic mass is 9.82. The van der Waals surface area contributed by atoms with Gasteiger partial charge in [0.1, 0.15) is 5.76 Å². The van der Waals surface area contributed by atoms with Gasteiger partial charge in [0.15, 0.2) is 0 Å². The van der Waals surface area contributed by atoms with Gasteiger partial charge < -0.3 is 9.73 Å².